The molecule has 0 aliphatic carbocycles. The molecule has 1 aromatic carbocycles. The molecular formula is C15H22FN3S. The molecule has 110 valence electrons. The Hall–Kier alpha value is -1.20. The molecule has 2 aromatic rings. The van der Waals surface area contributed by atoms with E-state index in [2.05, 4.69) is 42.4 Å². The van der Waals surface area contributed by atoms with Gasteiger partial charge in [-0.3, -0.25) is 0 Å². The zero-order chi connectivity index (χ0) is 15.0. The van der Waals surface area contributed by atoms with Gasteiger partial charge in [0.1, 0.15) is 5.82 Å². The third kappa shape index (κ3) is 2.79. The summed E-state index contributed by atoms with van der Waals surface area (Å²) in [6.07, 6.45) is 0. The normalized spacial score (nSPS) is 13.6. The fraction of sp³-hybridized carbons (Fsp3) is 0.533. The zero-order valence-electron chi connectivity index (χ0n) is 12.7. The van der Waals surface area contributed by atoms with Crippen LogP contribution in [0.15, 0.2) is 12.1 Å². The zero-order valence-corrected chi connectivity index (χ0v) is 13.5. The lowest BCUT2D eigenvalue weighted by Gasteiger charge is -2.26. The Morgan fingerprint density at radius 1 is 1.35 bits per heavy atom. The molecule has 0 amide bonds. The summed E-state index contributed by atoms with van der Waals surface area (Å²) in [5.41, 5.74) is 2.39. The minimum absolute atomic E-state index is 0.199. The summed E-state index contributed by atoms with van der Waals surface area (Å²) in [5.74, 6) is 0.239. The van der Waals surface area contributed by atoms with Gasteiger partial charge < -0.3 is 14.5 Å². The highest BCUT2D eigenvalue weighted by atomic mass is 32.1. The van der Waals surface area contributed by atoms with E-state index in [0.29, 0.717) is 16.3 Å². The first kappa shape index (κ1) is 15.2. The van der Waals surface area contributed by atoms with Crippen LogP contribution >= 0.6 is 12.2 Å². The van der Waals surface area contributed by atoms with Crippen LogP contribution in [0.2, 0.25) is 0 Å². The minimum Gasteiger partial charge on any atom is -0.330 e. The lowest BCUT2D eigenvalue weighted by atomic mass is 10.0. The molecule has 1 aromatic heterocycles. The van der Waals surface area contributed by atoms with Gasteiger partial charge in [0.15, 0.2) is 4.77 Å². The number of aryl methyl sites for hydroxylation is 1. The van der Waals surface area contributed by atoms with Crippen LogP contribution in [0, 0.1) is 23.4 Å². The van der Waals surface area contributed by atoms with Gasteiger partial charge in [-0.05, 0) is 56.9 Å². The summed E-state index contributed by atoms with van der Waals surface area (Å²) in [6, 6.07) is 3.67. The molecule has 2 rings (SSSR count). The van der Waals surface area contributed by atoms with Crippen LogP contribution in [-0.4, -0.2) is 35.1 Å². The van der Waals surface area contributed by atoms with Crippen molar-refractivity contribution in [3.05, 3.63) is 28.3 Å². The minimum atomic E-state index is -0.199. The number of hydrogen-bond acceptors (Lipinski definition) is 2. The SMILES string of the molecule is Cc1cc2c(cc1F)[nH]c(=S)n2C(CN(C)C)C(C)C. The molecule has 20 heavy (non-hydrogen) atoms. The Balaban J connectivity index is 2.65. The number of nitrogens with zero attached hydrogens (tertiary/aromatic N) is 2. The monoisotopic (exact) mass is 295 g/mol. The molecule has 1 atom stereocenters. The number of H-pyrrole nitrogens is 1. The lowest BCUT2D eigenvalue weighted by Crippen LogP contribution is -2.28. The summed E-state index contributed by atoms with van der Waals surface area (Å²) in [5, 5.41) is 0. The number of aromatic nitrogens is 2. The van der Waals surface area contributed by atoms with Crippen LogP contribution in [0.4, 0.5) is 4.39 Å². The number of nitrogens with one attached hydrogen (secondary N) is 1. The van der Waals surface area contributed by atoms with Crippen LogP contribution in [-0.2, 0) is 0 Å². The number of fused-ring (bicyclic) bond motifs is 1. The van der Waals surface area contributed by atoms with E-state index in [-0.39, 0.29) is 11.9 Å². The van der Waals surface area contributed by atoms with Crippen molar-refractivity contribution in [2.45, 2.75) is 26.8 Å². The van der Waals surface area contributed by atoms with Crippen molar-refractivity contribution >= 4 is 23.3 Å². The highest BCUT2D eigenvalue weighted by Crippen LogP contribution is 2.26. The molecule has 5 heteroatoms. The third-order valence-corrected chi connectivity index (χ3v) is 3.95. The first-order valence-electron chi connectivity index (χ1n) is 6.86. The number of aromatic amines is 1. The molecule has 0 saturated carbocycles. The van der Waals surface area contributed by atoms with Gasteiger partial charge in [-0.25, -0.2) is 4.39 Å². The van der Waals surface area contributed by atoms with Gasteiger partial charge >= 0.3 is 0 Å². The molecule has 1 heterocycles. The highest BCUT2D eigenvalue weighted by molar-refractivity contribution is 7.71. The maximum atomic E-state index is 13.7. The highest BCUT2D eigenvalue weighted by Gasteiger charge is 2.20. The topological polar surface area (TPSA) is 24.0 Å². The fourth-order valence-corrected chi connectivity index (χ4v) is 2.89. The first-order valence-corrected chi connectivity index (χ1v) is 7.27. The van der Waals surface area contributed by atoms with Gasteiger partial charge in [0.25, 0.3) is 0 Å². The quantitative estimate of drug-likeness (QED) is 0.865. The van der Waals surface area contributed by atoms with Gasteiger partial charge in [-0.2, -0.15) is 0 Å². The largest absolute Gasteiger partial charge is 0.330 e. The molecule has 0 aliphatic heterocycles. The van der Waals surface area contributed by atoms with E-state index in [1.54, 1.807) is 6.92 Å². The van der Waals surface area contributed by atoms with E-state index >= 15 is 0 Å². The smallest absolute Gasteiger partial charge is 0.178 e. The summed E-state index contributed by atoms with van der Waals surface area (Å²) in [4.78, 5) is 5.28. The maximum Gasteiger partial charge on any atom is 0.178 e. The molecule has 0 radical (unpaired) electrons. The van der Waals surface area contributed by atoms with E-state index in [1.165, 1.54) is 6.07 Å². The van der Waals surface area contributed by atoms with Crippen LogP contribution in [0.5, 0.6) is 0 Å². The Labute approximate surface area is 124 Å². The number of imidazole rings is 1. The molecule has 0 fully saturated rings. The molecule has 0 bridgehead atoms. The van der Waals surface area contributed by atoms with Crippen molar-refractivity contribution in [1.82, 2.24) is 14.5 Å². The molecular weight excluding hydrogens is 273 g/mol. The van der Waals surface area contributed by atoms with Gasteiger partial charge in [-0.15, -0.1) is 0 Å². The predicted molar refractivity (Wildman–Crippen MR) is 84.2 cm³/mol. The van der Waals surface area contributed by atoms with Crippen molar-refractivity contribution in [2.75, 3.05) is 20.6 Å². The molecule has 3 nitrogen and oxygen atoms in total. The second-order valence-corrected chi connectivity index (χ2v) is 6.38. The maximum absolute atomic E-state index is 13.7. The average molecular weight is 295 g/mol. The van der Waals surface area contributed by atoms with Crippen molar-refractivity contribution in [2.24, 2.45) is 5.92 Å². The van der Waals surface area contributed by atoms with Gasteiger partial charge in [0, 0.05) is 6.54 Å². The number of likely N-dealkylation sites (N-methyl/N-ethyl adjacent to an activating group) is 1. The van der Waals surface area contributed by atoms with E-state index in [1.807, 2.05) is 6.07 Å². The van der Waals surface area contributed by atoms with E-state index in [4.69, 9.17) is 12.2 Å². The lowest BCUT2D eigenvalue weighted by molar-refractivity contribution is 0.272. The Morgan fingerprint density at radius 3 is 2.55 bits per heavy atom. The summed E-state index contributed by atoms with van der Waals surface area (Å²) < 4.78 is 16.5. The van der Waals surface area contributed by atoms with E-state index < -0.39 is 0 Å². The number of hydrogen-bond donors (Lipinski definition) is 1. The van der Waals surface area contributed by atoms with Gasteiger partial charge in [0.2, 0.25) is 0 Å². The molecule has 1 N–H and O–H groups in total. The molecule has 1 unspecified atom stereocenters. The van der Waals surface area contributed by atoms with Crippen LogP contribution in [0.25, 0.3) is 11.0 Å². The van der Waals surface area contributed by atoms with Crippen molar-refractivity contribution in [3.8, 4) is 0 Å². The predicted octanol–water partition coefficient (Wildman–Crippen LogP) is 3.91. The Kier molecular flexibility index (Phi) is 4.30. The fourth-order valence-electron chi connectivity index (χ4n) is 2.54. The number of rotatable bonds is 4. The average Bonchev–Trinajstić information content (AvgIpc) is 2.62. The van der Waals surface area contributed by atoms with Crippen molar-refractivity contribution < 1.29 is 4.39 Å². The summed E-state index contributed by atoms with van der Waals surface area (Å²) in [6.45, 7) is 7.05. The Morgan fingerprint density at radius 2 is 2.00 bits per heavy atom. The molecule has 0 saturated heterocycles. The first-order chi connectivity index (χ1) is 9.31. The van der Waals surface area contributed by atoms with E-state index in [0.717, 1.165) is 17.6 Å². The van der Waals surface area contributed by atoms with Crippen molar-refractivity contribution in [3.63, 3.8) is 0 Å². The summed E-state index contributed by atoms with van der Waals surface area (Å²) >= 11 is 5.45. The number of halogens is 1. The third-order valence-electron chi connectivity index (χ3n) is 3.65. The summed E-state index contributed by atoms with van der Waals surface area (Å²) in [7, 11) is 4.11. The molecule has 0 aliphatic rings. The standard InChI is InChI=1S/C15H22FN3S/c1-9(2)14(8-18(4)5)19-13-6-10(3)11(16)7-12(13)17-15(19)20/h6-7,9,14H,8H2,1-5H3,(H,17,20). The van der Waals surface area contributed by atoms with Crippen LogP contribution < -0.4 is 0 Å². The van der Waals surface area contributed by atoms with Gasteiger partial charge in [-0.1, -0.05) is 13.8 Å². The van der Waals surface area contributed by atoms with Crippen molar-refractivity contribution in [1.29, 1.82) is 0 Å². The van der Waals surface area contributed by atoms with Crippen LogP contribution in [0.1, 0.15) is 25.5 Å². The second kappa shape index (κ2) is 5.66. The van der Waals surface area contributed by atoms with Crippen LogP contribution in [0.3, 0.4) is 0 Å². The Bertz CT molecular complexity index is 670. The second-order valence-electron chi connectivity index (χ2n) is 5.99. The van der Waals surface area contributed by atoms with Gasteiger partial charge in [0.05, 0.1) is 17.1 Å². The van der Waals surface area contributed by atoms with E-state index in [9.17, 15) is 4.39 Å². The number of benzene rings is 1. The molecule has 0 spiro atoms.